The summed E-state index contributed by atoms with van der Waals surface area (Å²) in [6.45, 7) is 7.44. The van der Waals surface area contributed by atoms with Crippen LogP contribution < -0.4 is 91.6 Å². The molecule has 15 rings (SSSR count). The van der Waals surface area contributed by atoms with E-state index in [0.717, 1.165) is 52.4 Å². The van der Waals surface area contributed by atoms with Gasteiger partial charge >= 0.3 is 0 Å². The fourth-order valence-electron chi connectivity index (χ4n) is 14.4. The molecule has 8 aromatic heterocycles. The minimum atomic E-state index is -1.06. The Morgan fingerprint density at radius 1 is 0.282 bits per heavy atom. The van der Waals surface area contributed by atoms with Crippen LogP contribution in [-0.2, 0) is 0 Å². The van der Waals surface area contributed by atoms with Crippen molar-refractivity contribution in [3.63, 3.8) is 0 Å². The van der Waals surface area contributed by atoms with Gasteiger partial charge in [0.25, 0.3) is 65.0 Å². The Hall–Kier alpha value is -15.4. The first-order valence-corrected chi connectivity index (χ1v) is 47.4. The molecule has 0 saturated carbocycles. The van der Waals surface area contributed by atoms with Gasteiger partial charge < -0.3 is 96.1 Å². The third kappa shape index (κ3) is 28.9. The van der Waals surface area contributed by atoms with Gasteiger partial charge in [-0.05, 0) is 153 Å². The molecule has 0 aliphatic rings. The largest absolute Gasteiger partial charge is 0.394 e. The molecule has 0 radical (unpaired) electrons. The van der Waals surface area contributed by atoms with E-state index < -0.39 is 37.2 Å². The normalized spacial score (nSPS) is 11.2. The molecule has 15 aromatic rings. The summed E-state index contributed by atoms with van der Waals surface area (Å²) in [6.07, 6.45) is 15.3. The minimum absolute atomic E-state index is 0.0463. The van der Waals surface area contributed by atoms with Gasteiger partial charge in [-0.25, -0.2) is 0 Å². The number of fused-ring (bicyclic) bond motifs is 12. The van der Waals surface area contributed by atoms with Crippen LogP contribution in [0.5, 0.6) is 0 Å². The highest BCUT2D eigenvalue weighted by Crippen LogP contribution is 2.32. The zero-order chi connectivity index (χ0) is 102. The molecule has 4 unspecified atom stereocenters. The van der Waals surface area contributed by atoms with Gasteiger partial charge in [-0.1, -0.05) is 114 Å². The third-order valence-corrected chi connectivity index (χ3v) is 23.5. The molecule has 7 aromatic carbocycles. The molecule has 0 spiro atoms. The summed E-state index contributed by atoms with van der Waals surface area (Å²) in [6, 6.07) is 49.9. The molecule has 21 N–H and O–H groups in total. The number of rotatable bonds is 33. The zero-order valence-corrected chi connectivity index (χ0v) is 81.5. The second-order valence-electron chi connectivity index (χ2n) is 31.7. The Kier molecular flexibility index (Phi) is 42.4. The monoisotopic (exact) mass is 1960 g/mol. The number of nitrogens with two attached hydrogens (primary N) is 3. The van der Waals surface area contributed by atoms with Crippen molar-refractivity contribution in [2.45, 2.75) is 64.6 Å². The minimum Gasteiger partial charge on any atom is -0.394 e. The summed E-state index contributed by atoms with van der Waals surface area (Å²) in [4.78, 5) is 168. The lowest BCUT2D eigenvalue weighted by molar-refractivity contribution is 0.0800. The van der Waals surface area contributed by atoms with Crippen LogP contribution in [0.25, 0.3) is 87.2 Å². The molecule has 0 saturated heterocycles. The molecule has 738 valence electrons. The second-order valence-corrected chi connectivity index (χ2v) is 33.7. The highest BCUT2D eigenvalue weighted by Gasteiger charge is 2.24. The molecular weight excluding hydrogens is 1850 g/mol. The van der Waals surface area contributed by atoms with Gasteiger partial charge in [0.1, 0.15) is 0 Å². The lowest BCUT2D eigenvalue weighted by Gasteiger charge is -2.13. The first kappa shape index (κ1) is 109. The van der Waals surface area contributed by atoms with E-state index in [1.165, 1.54) is 24.5 Å². The van der Waals surface area contributed by atoms with Crippen LogP contribution >= 0.6 is 17.8 Å². The van der Waals surface area contributed by atoms with Crippen molar-refractivity contribution in [2.75, 3.05) is 107 Å². The van der Waals surface area contributed by atoms with Crippen LogP contribution in [0.3, 0.4) is 0 Å². The van der Waals surface area contributed by atoms with Crippen LogP contribution in [0.15, 0.2) is 219 Å². The second kappa shape index (κ2) is 55.4. The molecule has 4 atom stereocenters. The molecule has 37 nitrogen and oxygen atoms in total. The van der Waals surface area contributed by atoms with Crippen molar-refractivity contribution in [1.82, 2.24) is 98.4 Å². The molecular formula is C103H116N22O15P2. The van der Waals surface area contributed by atoms with Gasteiger partial charge in [0, 0.05) is 183 Å². The van der Waals surface area contributed by atoms with Crippen molar-refractivity contribution in [1.29, 1.82) is 0 Å². The van der Waals surface area contributed by atoms with Gasteiger partial charge in [0.15, 0.2) is 0 Å². The number of unbranched alkanes of at least 4 members (excludes halogenated alkanes) is 1. The number of pyridine rings is 8. The number of nitrogens with zero attached hydrogens (tertiary/aromatic N) is 8. The van der Waals surface area contributed by atoms with E-state index in [1.54, 1.807) is 150 Å². The summed E-state index contributed by atoms with van der Waals surface area (Å²) < 4.78 is 0. The molecule has 39 heteroatoms. The van der Waals surface area contributed by atoms with Crippen molar-refractivity contribution in [3.05, 3.63) is 281 Å². The molecule has 8 heterocycles. The van der Waals surface area contributed by atoms with Crippen LogP contribution in [0.4, 0.5) is 0 Å². The highest BCUT2D eigenvalue weighted by molar-refractivity contribution is 7.55. The van der Waals surface area contributed by atoms with Gasteiger partial charge in [0.2, 0.25) is 0 Å². The number of aliphatic hydroxyl groups excluding tert-OH is 4. The maximum atomic E-state index is 12.5. The Bertz CT molecular complexity index is 6750. The van der Waals surface area contributed by atoms with Crippen molar-refractivity contribution >= 4 is 186 Å². The Labute approximate surface area is 822 Å². The predicted molar refractivity (Wildman–Crippen MR) is 557 cm³/mol. The number of carbonyl (C=O) groups excluding carboxylic acids is 11. The predicted octanol–water partition coefficient (Wildman–Crippen LogP) is 6.14. The number of aliphatic hydroxyl groups is 4. The maximum Gasteiger partial charge on any atom is 0.252 e. The van der Waals surface area contributed by atoms with Crippen LogP contribution in [-0.4, -0.2) is 244 Å². The highest BCUT2D eigenvalue weighted by atomic mass is 31.1. The summed E-state index contributed by atoms with van der Waals surface area (Å²) in [5, 5.41) is 75.1. The molecule has 142 heavy (non-hydrogen) atoms. The summed E-state index contributed by atoms with van der Waals surface area (Å²) >= 11 is 0. The summed E-state index contributed by atoms with van der Waals surface area (Å²) in [5.41, 5.74) is 26.7. The standard InChI is InChI=1S/C21H24N4O2.C20H24N6O2.C20H22N4O6.C18H22N3O2P.C16H14N4O2.C8H10NOP/c1-3-5-11-25-21(27)17-9-13-23-19-15(17)7-6-14-16(8-12-22-18(14)19)20(26)24-10-4-2;21-7-1-9-25-19(27)15-5-11-23-17-13(15)3-4-14-16(6-12-24-18(14)17)20(28)26-10-2-8-22;25-9-11(27)7-23-19(29)15-3-5-21-17-13(15)1-2-14-16(4-6-22-18(14)17)20(30)24-8-12(28)10-26;1-20-17(22)13-3-7-15(8-4-13)24-16-9-5-14(6-10-16)18(23)21-12-2-11-19;1-17-15(21)11-5-7-19-13-9(11)3-4-10-12(16(22)18-2)6-8-20-14(10)13;1-9-8(10)6-2-4-7(11)5-3-6/h6-9,12-13H,3-5,10-11H2,1-2H3,(H,24,26)(H,25,27);3-6,11-12H,1-2,7-10,21-22H2,(H,25,27)(H,26,28);1-6,11-12,25-28H,7-10H2,(H,23,29)(H,24,30);3-10,24H,2,11-12,19H2,1H3,(H,20,22)(H,21,23);3-8H,1-2H3,(H,17,21)(H,18,22);2-5H,11H2,1H3,(H,9,10). The van der Waals surface area contributed by atoms with Crippen molar-refractivity contribution in [2.24, 2.45) is 17.2 Å². The number of benzene rings is 7. The lowest BCUT2D eigenvalue weighted by atomic mass is 10.0. The van der Waals surface area contributed by atoms with Gasteiger partial charge in [-0.2, -0.15) is 0 Å². The number of hydrogen-bond acceptors (Lipinski definition) is 26. The molecule has 0 aliphatic heterocycles. The number of hydrogen-bond donors (Lipinski definition) is 18. The number of carbonyl (C=O) groups is 11. The quantitative estimate of drug-likeness (QED) is 0.0125. The van der Waals surface area contributed by atoms with Crippen LogP contribution in [0.2, 0.25) is 0 Å². The average molecular weight is 1960 g/mol. The van der Waals surface area contributed by atoms with Crippen LogP contribution in [0, 0.1) is 0 Å². The molecule has 11 amide bonds. The van der Waals surface area contributed by atoms with Crippen molar-refractivity contribution < 1.29 is 73.2 Å². The summed E-state index contributed by atoms with van der Waals surface area (Å²) in [5.74, 6) is -2.08. The Morgan fingerprint density at radius 3 is 0.732 bits per heavy atom. The molecule has 0 fully saturated rings. The fraction of sp³-hybridized carbons (Fsp3) is 0.252. The molecule has 0 aliphatic carbocycles. The first-order chi connectivity index (χ1) is 68.8. The number of amides is 11. The van der Waals surface area contributed by atoms with E-state index in [2.05, 4.69) is 115 Å². The van der Waals surface area contributed by atoms with Gasteiger partial charge in [-0.15, -0.1) is 9.24 Å². The van der Waals surface area contributed by atoms with E-state index in [-0.39, 0.29) is 66.3 Å². The number of aromatic nitrogens is 8. The smallest absolute Gasteiger partial charge is 0.252 e. The zero-order valence-electron chi connectivity index (χ0n) is 79.3. The van der Waals surface area contributed by atoms with Crippen molar-refractivity contribution in [3.8, 4) is 0 Å². The summed E-state index contributed by atoms with van der Waals surface area (Å²) in [7, 11) is 9.45. The fourth-order valence-corrected chi connectivity index (χ4v) is 15.6. The van der Waals surface area contributed by atoms with E-state index in [1.807, 2.05) is 79.7 Å². The van der Waals surface area contributed by atoms with E-state index in [0.29, 0.717) is 211 Å². The Balaban J connectivity index is 0.000000178. The number of nitrogens with one attached hydrogen (secondary N) is 11. The Morgan fingerprint density at radius 2 is 0.500 bits per heavy atom. The van der Waals surface area contributed by atoms with Gasteiger partial charge in [0.05, 0.1) is 114 Å². The maximum absolute atomic E-state index is 12.5. The van der Waals surface area contributed by atoms with Crippen LogP contribution in [0.1, 0.15) is 166 Å². The first-order valence-electron chi connectivity index (χ1n) is 45.9. The van der Waals surface area contributed by atoms with E-state index >= 15 is 0 Å². The third-order valence-electron chi connectivity index (χ3n) is 21.9. The molecule has 0 bridgehead atoms. The average Bonchev–Trinajstić information content (AvgIpc) is 0.776. The van der Waals surface area contributed by atoms with E-state index in [9.17, 15) is 63.0 Å². The topological polar surface area (TPSA) is 582 Å². The van der Waals surface area contributed by atoms with Gasteiger partial charge in [-0.3, -0.25) is 92.6 Å². The SMILES string of the molecule is CCCCNC(=O)c1ccnc2c1ccc1c(C(=O)NCCC)ccnc12.CNC(=O)c1ccc(P)cc1.CNC(=O)c1ccc(Pc2ccc(C(=O)NCCCN)cc2)cc1.CNC(=O)c1ccnc2c1ccc1c(C(=O)NC)ccnc12.NCCCNC(=O)c1ccnc2c1ccc1c(C(=O)NCCCN)ccnc12.O=C(NCC(O)CO)c1ccnc2c1ccc1c(C(=O)NCC(O)CO)ccnc12. The van der Waals surface area contributed by atoms with E-state index in [4.69, 9.17) is 27.4 Å². The lowest BCUT2D eigenvalue weighted by Crippen LogP contribution is -2.34.